The molecule has 0 radical (unpaired) electrons. The molecule has 0 bridgehead atoms. The normalized spacial score (nSPS) is 23.5. The Kier molecular flexibility index (Phi) is 5.02. The highest BCUT2D eigenvalue weighted by Gasteiger charge is 2.41. The summed E-state index contributed by atoms with van der Waals surface area (Å²) in [6, 6.07) is 12.4. The van der Waals surface area contributed by atoms with Crippen LogP contribution in [-0.2, 0) is 6.54 Å². The molecule has 3 heterocycles. The van der Waals surface area contributed by atoms with Crippen molar-refractivity contribution in [2.24, 2.45) is 5.41 Å². The van der Waals surface area contributed by atoms with E-state index in [0.717, 1.165) is 39.0 Å². The lowest BCUT2D eigenvalue weighted by atomic mass is 9.68. The maximum Gasteiger partial charge on any atom is 0.325 e. The summed E-state index contributed by atoms with van der Waals surface area (Å²) in [5.74, 6) is 0.598. The van der Waals surface area contributed by atoms with Gasteiger partial charge in [-0.05, 0) is 56.3 Å². The van der Waals surface area contributed by atoms with Crippen molar-refractivity contribution in [2.45, 2.75) is 31.7 Å². The SMILES string of the molecule is CN1C[C@@H](c2ccccc2)CC2(CCN(Cc3cc(=O)[nH]c(=O)[nH]3)CC2)C1. The molecule has 0 amide bonds. The van der Waals surface area contributed by atoms with Gasteiger partial charge in [0, 0.05) is 31.4 Å². The zero-order chi connectivity index (χ0) is 18.9. The van der Waals surface area contributed by atoms with Gasteiger partial charge in [0.1, 0.15) is 0 Å². The smallest absolute Gasteiger partial charge is 0.310 e. The maximum atomic E-state index is 11.5. The van der Waals surface area contributed by atoms with Crippen LogP contribution in [0.1, 0.15) is 36.4 Å². The van der Waals surface area contributed by atoms with E-state index < -0.39 is 5.69 Å². The number of aromatic amines is 2. The fourth-order valence-corrected chi connectivity index (χ4v) is 5.01. The first-order valence-electron chi connectivity index (χ1n) is 9.80. The largest absolute Gasteiger partial charge is 0.325 e. The van der Waals surface area contributed by atoms with E-state index in [1.165, 1.54) is 18.1 Å². The van der Waals surface area contributed by atoms with Gasteiger partial charge in [0.2, 0.25) is 0 Å². The van der Waals surface area contributed by atoms with Gasteiger partial charge in [-0.1, -0.05) is 30.3 Å². The summed E-state index contributed by atoms with van der Waals surface area (Å²) in [4.78, 5) is 32.8. The summed E-state index contributed by atoms with van der Waals surface area (Å²) in [5, 5.41) is 0. The van der Waals surface area contributed by atoms with Crippen molar-refractivity contribution in [2.75, 3.05) is 33.2 Å². The van der Waals surface area contributed by atoms with Crippen LogP contribution in [0.2, 0.25) is 0 Å². The molecule has 4 rings (SSSR count). The molecule has 6 heteroatoms. The standard InChI is InChI=1S/C21H28N4O2/c1-24-13-17(16-5-3-2-4-6-16)12-21(15-24)7-9-25(10-8-21)14-18-11-19(26)23-20(27)22-18/h2-6,11,17H,7-10,12-15H2,1H3,(H2,22,23,26,27)/t17-/m0/s1. The lowest BCUT2D eigenvalue weighted by Gasteiger charge is -2.49. The predicted molar refractivity (Wildman–Crippen MR) is 106 cm³/mol. The average Bonchev–Trinajstić information content (AvgIpc) is 2.63. The van der Waals surface area contributed by atoms with Crippen molar-refractivity contribution < 1.29 is 0 Å². The number of nitrogens with one attached hydrogen (secondary N) is 2. The van der Waals surface area contributed by atoms with Crippen molar-refractivity contribution in [3.63, 3.8) is 0 Å². The van der Waals surface area contributed by atoms with Gasteiger partial charge in [0.05, 0.1) is 0 Å². The van der Waals surface area contributed by atoms with Gasteiger partial charge < -0.3 is 9.88 Å². The van der Waals surface area contributed by atoms with Gasteiger partial charge in [-0.2, -0.15) is 0 Å². The molecular formula is C21H28N4O2. The van der Waals surface area contributed by atoms with Crippen LogP contribution in [0.25, 0.3) is 0 Å². The zero-order valence-electron chi connectivity index (χ0n) is 15.9. The molecule has 1 aromatic heterocycles. The van der Waals surface area contributed by atoms with E-state index >= 15 is 0 Å². The van der Waals surface area contributed by atoms with Crippen molar-refractivity contribution in [1.29, 1.82) is 0 Å². The Morgan fingerprint density at radius 2 is 1.85 bits per heavy atom. The molecule has 2 N–H and O–H groups in total. The highest BCUT2D eigenvalue weighted by atomic mass is 16.2. The van der Waals surface area contributed by atoms with E-state index in [2.05, 4.69) is 57.1 Å². The number of likely N-dealkylation sites (tertiary alicyclic amines) is 2. The summed E-state index contributed by atoms with van der Waals surface area (Å²) in [7, 11) is 2.24. The van der Waals surface area contributed by atoms with Crippen molar-refractivity contribution >= 4 is 0 Å². The summed E-state index contributed by atoms with van der Waals surface area (Å²) in [5.41, 5.74) is 1.76. The molecule has 2 aliphatic rings. The fourth-order valence-electron chi connectivity index (χ4n) is 5.01. The summed E-state index contributed by atoms with van der Waals surface area (Å²) in [6.45, 7) is 4.93. The van der Waals surface area contributed by atoms with Gasteiger partial charge in [-0.3, -0.25) is 14.7 Å². The number of H-pyrrole nitrogens is 2. The third-order valence-corrected chi connectivity index (χ3v) is 6.21. The van der Waals surface area contributed by atoms with E-state index in [1.54, 1.807) is 0 Å². The van der Waals surface area contributed by atoms with E-state index in [1.807, 2.05) is 0 Å². The third kappa shape index (κ3) is 4.22. The molecule has 2 fully saturated rings. The lowest BCUT2D eigenvalue weighted by Crippen LogP contribution is -2.50. The first kappa shape index (κ1) is 18.2. The second-order valence-electron chi connectivity index (χ2n) is 8.40. The minimum absolute atomic E-state index is 0.332. The van der Waals surface area contributed by atoms with Crippen molar-refractivity contribution in [3.8, 4) is 0 Å². The van der Waals surface area contributed by atoms with E-state index in [0.29, 0.717) is 23.6 Å². The lowest BCUT2D eigenvalue weighted by molar-refractivity contribution is 0.0215. The number of hydrogen-bond donors (Lipinski definition) is 2. The van der Waals surface area contributed by atoms with E-state index in [4.69, 9.17) is 0 Å². The van der Waals surface area contributed by atoms with Crippen LogP contribution in [-0.4, -0.2) is 53.0 Å². The first-order chi connectivity index (χ1) is 13.0. The molecule has 0 saturated carbocycles. The molecule has 6 nitrogen and oxygen atoms in total. The molecule has 1 atom stereocenters. The van der Waals surface area contributed by atoms with Gasteiger partial charge in [-0.25, -0.2) is 4.79 Å². The highest BCUT2D eigenvalue weighted by molar-refractivity contribution is 5.21. The summed E-state index contributed by atoms with van der Waals surface area (Å²) < 4.78 is 0. The van der Waals surface area contributed by atoms with Gasteiger partial charge in [0.25, 0.3) is 5.56 Å². The molecule has 0 aliphatic carbocycles. The van der Waals surface area contributed by atoms with E-state index in [-0.39, 0.29) is 5.56 Å². The van der Waals surface area contributed by atoms with Crippen LogP contribution >= 0.6 is 0 Å². The van der Waals surface area contributed by atoms with E-state index in [9.17, 15) is 9.59 Å². The quantitative estimate of drug-likeness (QED) is 0.866. The number of likely N-dealkylation sites (N-methyl/N-ethyl adjacent to an activating group) is 1. The minimum Gasteiger partial charge on any atom is -0.310 e. The molecular weight excluding hydrogens is 340 g/mol. The first-order valence-corrected chi connectivity index (χ1v) is 9.80. The third-order valence-electron chi connectivity index (χ3n) is 6.21. The number of benzene rings is 1. The monoisotopic (exact) mass is 368 g/mol. The Balaban J connectivity index is 1.42. The van der Waals surface area contributed by atoms with Gasteiger partial charge >= 0.3 is 5.69 Å². The summed E-state index contributed by atoms with van der Waals surface area (Å²) >= 11 is 0. The second-order valence-corrected chi connectivity index (χ2v) is 8.40. The Morgan fingerprint density at radius 3 is 2.56 bits per heavy atom. The van der Waals surface area contributed by atoms with Crippen LogP contribution in [0.5, 0.6) is 0 Å². The van der Waals surface area contributed by atoms with Crippen LogP contribution < -0.4 is 11.2 Å². The number of piperidine rings is 2. The average molecular weight is 368 g/mol. The fraction of sp³-hybridized carbons (Fsp3) is 0.524. The molecule has 2 aliphatic heterocycles. The Morgan fingerprint density at radius 1 is 1.11 bits per heavy atom. The number of aromatic nitrogens is 2. The Bertz CT molecular complexity index is 853. The molecule has 2 aromatic rings. The molecule has 2 saturated heterocycles. The predicted octanol–water partition coefficient (Wildman–Crippen LogP) is 1.76. The number of rotatable bonds is 3. The topological polar surface area (TPSA) is 72.2 Å². The number of hydrogen-bond acceptors (Lipinski definition) is 4. The van der Waals surface area contributed by atoms with Crippen molar-refractivity contribution in [3.05, 3.63) is 68.5 Å². The molecule has 1 aromatic carbocycles. The van der Waals surface area contributed by atoms with Gasteiger partial charge in [0.15, 0.2) is 0 Å². The zero-order valence-corrected chi connectivity index (χ0v) is 15.9. The molecule has 0 unspecified atom stereocenters. The Labute approximate surface area is 159 Å². The highest BCUT2D eigenvalue weighted by Crippen LogP contribution is 2.44. The molecule has 27 heavy (non-hydrogen) atoms. The van der Waals surface area contributed by atoms with Crippen LogP contribution in [0.15, 0.2) is 46.0 Å². The molecule has 144 valence electrons. The Hall–Kier alpha value is -2.18. The van der Waals surface area contributed by atoms with Crippen LogP contribution in [0.4, 0.5) is 0 Å². The van der Waals surface area contributed by atoms with Crippen LogP contribution in [0, 0.1) is 5.41 Å². The molecule has 1 spiro atoms. The van der Waals surface area contributed by atoms with Crippen molar-refractivity contribution in [1.82, 2.24) is 19.8 Å². The maximum absolute atomic E-state index is 11.5. The number of nitrogens with zero attached hydrogens (tertiary/aromatic N) is 2. The minimum atomic E-state index is -0.425. The van der Waals surface area contributed by atoms with Gasteiger partial charge in [-0.15, -0.1) is 0 Å². The van der Waals surface area contributed by atoms with Crippen LogP contribution in [0.3, 0.4) is 0 Å². The second kappa shape index (κ2) is 7.44. The summed E-state index contributed by atoms with van der Waals surface area (Å²) in [6.07, 6.45) is 3.57.